The number of ether oxygens (including phenoxy) is 1. The molecule has 0 aliphatic carbocycles. The highest BCUT2D eigenvalue weighted by atomic mass is 35.7. The number of nitrogens with one attached hydrogen (secondary N) is 1. The van der Waals surface area contributed by atoms with Crippen molar-refractivity contribution in [1.82, 2.24) is 5.32 Å². The first kappa shape index (κ1) is 18.1. The van der Waals surface area contributed by atoms with E-state index in [2.05, 4.69) is 5.32 Å². The third kappa shape index (κ3) is 5.37. The molecule has 0 fully saturated rings. The van der Waals surface area contributed by atoms with E-state index in [0.717, 1.165) is 6.42 Å². The van der Waals surface area contributed by atoms with E-state index in [9.17, 15) is 13.2 Å². The van der Waals surface area contributed by atoms with Crippen molar-refractivity contribution in [3.05, 3.63) is 23.2 Å². The maximum atomic E-state index is 11.9. The van der Waals surface area contributed by atoms with Gasteiger partial charge in [0.1, 0.15) is 5.75 Å². The maximum Gasteiger partial charge on any atom is 0.261 e. The summed E-state index contributed by atoms with van der Waals surface area (Å²) in [6, 6.07) is 3.86. The summed E-state index contributed by atoms with van der Waals surface area (Å²) in [5.41, 5.74) is 0. The molecule has 1 amide bonds. The zero-order valence-corrected chi connectivity index (χ0v) is 14.2. The zero-order chi connectivity index (χ0) is 16.2. The summed E-state index contributed by atoms with van der Waals surface area (Å²) in [6.45, 7) is 5.43. The van der Waals surface area contributed by atoms with Crippen LogP contribution in [0.2, 0.25) is 5.02 Å². The van der Waals surface area contributed by atoms with Crippen LogP contribution in [0.15, 0.2) is 23.1 Å². The van der Waals surface area contributed by atoms with Gasteiger partial charge in [0.2, 0.25) is 0 Å². The van der Waals surface area contributed by atoms with Gasteiger partial charge in [0, 0.05) is 16.7 Å². The number of hydrogen-bond donors (Lipinski definition) is 1. The summed E-state index contributed by atoms with van der Waals surface area (Å²) in [6.07, 6.45) is 0.0524. The van der Waals surface area contributed by atoms with Gasteiger partial charge in [-0.25, -0.2) is 8.42 Å². The van der Waals surface area contributed by atoms with Gasteiger partial charge in [-0.05, 0) is 38.5 Å². The molecule has 1 N–H and O–H groups in total. The van der Waals surface area contributed by atoms with Crippen LogP contribution >= 0.6 is 22.3 Å². The minimum Gasteiger partial charge on any atom is -0.479 e. The Kier molecular flexibility index (Phi) is 6.31. The molecule has 0 radical (unpaired) electrons. The summed E-state index contributed by atoms with van der Waals surface area (Å²) in [5, 5.41) is 2.85. The molecule has 0 spiro atoms. The van der Waals surface area contributed by atoms with Crippen molar-refractivity contribution in [3.63, 3.8) is 0 Å². The summed E-state index contributed by atoms with van der Waals surface area (Å²) in [4.78, 5) is 11.7. The number of carbonyl (C=O) groups excluding carboxylic acids is 1. The van der Waals surface area contributed by atoms with Crippen molar-refractivity contribution in [2.24, 2.45) is 0 Å². The predicted molar refractivity (Wildman–Crippen MR) is 82.5 cm³/mol. The highest BCUT2D eigenvalue weighted by Gasteiger charge is 2.19. The molecule has 0 saturated carbocycles. The smallest absolute Gasteiger partial charge is 0.261 e. The molecule has 1 aromatic rings. The summed E-state index contributed by atoms with van der Waals surface area (Å²) < 4.78 is 27.8. The zero-order valence-electron chi connectivity index (χ0n) is 11.9. The van der Waals surface area contributed by atoms with Gasteiger partial charge in [0.05, 0.1) is 9.92 Å². The number of benzene rings is 1. The van der Waals surface area contributed by atoms with Crippen LogP contribution in [-0.2, 0) is 13.8 Å². The van der Waals surface area contributed by atoms with E-state index < -0.39 is 15.2 Å². The van der Waals surface area contributed by atoms with Crippen molar-refractivity contribution in [3.8, 4) is 5.75 Å². The van der Waals surface area contributed by atoms with Crippen molar-refractivity contribution in [2.75, 3.05) is 0 Å². The third-order valence-electron chi connectivity index (χ3n) is 2.86. The second-order valence-corrected chi connectivity index (χ2v) is 7.58. The lowest BCUT2D eigenvalue weighted by molar-refractivity contribution is -0.127. The second-order valence-electron chi connectivity index (χ2n) is 4.61. The largest absolute Gasteiger partial charge is 0.479 e. The van der Waals surface area contributed by atoms with Crippen LogP contribution in [0.3, 0.4) is 0 Å². The van der Waals surface area contributed by atoms with Gasteiger partial charge in [0.15, 0.2) is 6.10 Å². The van der Waals surface area contributed by atoms with Gasteiger partial charge in [-0.2, -0.15) is 0 Å². The van der Waals surface area contributed by atoms with Crippen LogP contribution in [0.4, 0.5) is 0 Å². The van der Waals surface area contributed by atoms with Gasteiger partial charge in [-0.15, -0.1) is 0 Å². The summed E-state index contributed by atoms with van der Waals surface area (Å²) >= 11 is 5.94. The molecule has 21 heavy (non-hydrogen) atoms. The number of carbonyl (C=O) groups is 1. The van der Waals surface area contributed by atoms with E-state index in [-0.39, 0.29) is 27.6 Å². The first-order valence-electron chi connectivity index (χ1n) is 6.36. The van der Waals surface area contributed by atoms with E-state index in [1.54, 1.807) is 6.92 Å². The van der Waals surface area contributed by atoms with Crippen LogP contribution in [-0.4, -0.2) is 26.5 Å². The molecule has 0 heterocycles. The minimum atomic E-state index is -3.85. The predicted octanol–water partition coefficient (Wildman–Crippen LogP) is 2.95. The van der Waals surface area contributed by atoms with Crippen molar-refractivity contribution in [1.29, 1.82) is 0 Å². The lowest BCUT2D eigenvalue weighted by atomic mass is 10.2. The number of rotatable bonds is 6. The molecule has 2 unspecified atom stereocenters. The van der Waals surface area contributed by atoms with Crippen LogP contribution in [0.25, 0.3) is 0 Å². The molecule has 2 atom stereocenters. The van der Waals surface area contributed by atoms with E-state index in [0.29, 0.717) is 0 Å². The Labute approximate surface area is 134 Å². The Morgan fingerprint density at radius 2 is 2.00 bits per heavy atom. The lowest BCUT2D eigenvalue weighted by Gasteiger charge is -2.18. The number of hydrogen-bond acceptors (Lipinski definition) is 4. The van der Waals surface area contributed by atoms with Crippen LogP contribution < -0.4 is 10.1 Å². The Bertz CT molecular complexity index is 619. The summed E-state index contributed by atoms with van der Waals surface area (Å²) in [5.74, 6) is -0.0537. The summed E-state index contributed by atoms with van der Waals surface area (Å²) in [7, 11) is 1.37. The Morgan fingerprint density at radius 3 is 2.48 bits per heavy atom. The average Bonchev–Trinajstić information content (AvgIpc) is 2.39. The van der Waals surface area contributed by atoms with Gasteiger partial charge in [-0.1, -0.05) is 18.5 Å². The molecule has 0 aliphatic heterocycles. The molecule has 8 heteroatoms. The molecule has 0 bridgehead atoms. The van der Waals surface area contributed by atoms with E-state index in [1.807, 2.05) is 13.8 Å². The Balaban J connectivity index is 2.82. The fraction of sp³-hybridized carbons (Fsp3) is 0.462. The molecule has 0 saturated heterocycles. The molecule has 1 rings (SSSR count). The second kappa shape index (κ2) is 7.33. The van der Waals surface area contributed by atoms with Crippen LogP contribution in [0, 0.1) is 0 Å². The Hall–Kier alpha value is -0.980. The molecule has 0 aliphatic rings. The van der Waals surface area contributed by atoms with Gasteiger partial charge in [-0.3, -0.25) is 4.79 Å². The van der Waals surface area contributed by atoms with Crippen molar-refractivity contribution < 1.29 is 17.9 Å². The standard InChI is InChI=1S/C13H17Cl2NO4S/c1-4-8(2)16-13(17)9(3)20-12-6-5-10(7-11(12)14)21(15,18)19/h5-9H,4H2,1-3H3,(H,16,17). The average molecular weight is 354 g/mol. The van der Waals surface area contributed by atoms with Crippen molar-refractivity contribution >= 4 is 37.2 Å². The Morgan fingerprint density at radius 1 is 1.38 bits per heavy atom. The highest BCUT2D eigenvalue weighted by molar-refractivity contribution is 8.13. The number of amides is 1. The van der Waals surface area contributed by atoms with E-state index in [1.165, 1.54) is 18.2 Å². The SMILES string of the molecule is CCC(C)NC(=O)C(C)Oc1ccc(S(=O)(=O)Cl)cc1Cl. The monoisotopic (exact) mass is 353 g/mol. The molecule has 1 aromatic carbocycles. The highest BCUT2D eigenvalue weighted by Crippen LogP contribution is 2.29. The minimum absolute atomic E-state index is 0.0442. The quantitative estimate of drug-likeness (QED) is 0.798. The number of halogens is 2. The normalized spacial score (nSPS) is 14.3. The first-order valence-corrected chi connectivity index (χ1v) is 9.05. The fourth-order valence-electron chi connectivity index (χ4n) is 1.44. The topological polar surface area (TPSA) is 72.5 Å². The van der Waals surface area contributed by atoms with E-state index in [4.69, 9.17) is 27.0 Å². The molecule has 0 aromatic heterocycles. The van der Waals surface area contributed by atoms with Crippen LogP contribution in [0.1, 0.15) is 27.2 Å². The third-order valence-corrected chi connectivity index (χ3v) is 4.51. The molecule has 5 nitrogen and oxygen atoms in total. The van der Waals surface area contributed by atoms with Crippen LogP contribution in [0.5, 0.6) is 5.75 Å². The van der Waals surface area contributed by atoms with E-state index >= 15 is 0 Å². The molecular formula is C13H17Cl2NO4S. The fourth-order valence-corrected chi connectivity index (χ4v) is 2.50. The van der Waals surface area contributed by atoms with Gasteiger partial charge >= 0.3 is 0 Å². The van der Waals surface area contributed by atoms with Gasteiger partial charge in [0.25, 0.3) is 15.0 Å². The lowest BCUT2D eigenvalue weighted by Crippen LogP contribution is -2.41. The molecular weight excluding hydrogens is 337 g/mol. The molecule has 118 valence electrons. The maximum absolute atomic E-state index is 11.9. The van der Waals surface area contributed by atoms with Gasteiger partial charge < -0.3 is 10.1 Å². The first-order chi connectivity index (χ1) is 9.65. The van der Waals surface area contributed by atoms with Crippen molar-refractivity contribution in [2.45, 2.75) is 44.2 Å².